The highest BCUT2D eigenvalue weighted by Crippen LogP contribution is 2.14. The lowest BCUT2D eigenvalue weighted by Crippen LogP contribution is -2.41. The molecule has 2 N–H and O–H groups in total. The number of carbonyl (C=O) groups excluding carboxylic acids is 1. The van der Waals surface area contributed by atoms with Gasteiger partial charge in [-0.05, 0) is 32.9 Å². The molecular formula is C12H20N2O2. The van der Waals surface area contributed by atoms with Gasteiger partial charge in [-0.3, -0.25) is 4.79 Å². The molecule has 0 bridgehead atoms. The summed E-state index contributed by atoms with van der Waals surface area (Å²) in [6.07, 6.45) is 0. The predicted molar refractivity (Wildman–Crippen MR) is 63.0 cm³/mol. The van der Waals surface area contributed by atoms with Gasteiger partial charge in [-0.2, -0.15) is 0 Å². The highest BCUT2D eigenvalue weighted by molar-refractivity contribution is 5.81. The molecule has 1 aromatic rings. The van der Waals surface area contributed by atoms with Crippen LogP contribution < -0.4 is 10.6 Å². The molecule has 0 aliphatic heterocycles. The van der Waals surface area contributed by atoms with E-state index in [4.69, 9.17) is 4.42 Å². The van der Waals surface area contributed by atoms with Crippen LogP contribution in [0.1, 0.15) is 25.4 Å². The Morgan fingerprint density at radius 3 is 2.62 bits per heavy atom. The van der Waals surface area contributed by atoms with E-state index < -0.39 is 5.41 Å². The fourth-order valence-corrected chi connectivity index (χ4v) is 1.50. The average Bonchev–Trinajstić information content (AvgIpc) is 2.62. The maximum Gasteiger partial charge on any atom is 0.226 e. The minimum Gasteiger partial charge on any atom is -0.465 e. The van der Waals surface area contributed by atoms with Gasteiger partial charge >= 0.3 is 0 Å². The van der Waals surface area contributed by atoms with E-state index in [9.17, 15) is 4.79 Å². The summed E-state index contributed by atoms with van der Waals surface area (Å²) in [5, 5.41) is 5.87. The first-order valence-electron chi connectivity index (χ1n) is 5.44. The Bertz CT molecular complexity index is 356. The number of nitrogens with one attached hydrogen (secondary N) is 2. The summed E-state index contributed by atoms with van der Waals surface area (Å²) in [6, 6.07) is 3.87. The largest absolute Gasteiger partial charge is 0.465 e. The van der Waals surface area contributed by atoms with Gasteiger partial charge in [0.15, 0.2) is 0 Å². The highest BCUT2D eigenvalue weighted by atomic mass is 16.3. The van der Waals surface area contributed by atoms with E-state index in [0.29, 0.717) is 13.1 Å². The third-order valence-electron chi connectivity index (χ3n) is 2.50. The van der Waals surface area contributed by atoms with Crippen LogP contribution in [0.2, 0.25) is 0 Å². The Morgan fingerprint density at radius 2 is 2.12 bits per heavy atom. The van der Waals surface area contributed by atoms with Crippen LogP contribution in [-0.2, 0) is 11.3 Å². The van der Waals surface area contributed by atoms with Crippen molar-refractivity contribution in [2.45, 2.75) is 27.3 Å². The van der Waals surface area contributed by atoms with E-state index in [1.54, 1.807) is 7.05 Å². The van der Waals surface area contributed by atoms with Gasteiger partial charge in [-0.25, -0.2) is 0 Å². The molecule has 0 aliphatic carbocycles. The zero-order chi connectivity index (χ0) is 12.2. The summed E-state index contributed by atoms with van der Waals surface area (Å²) >= 11 is 0. The fraction of sp³-hybridized carbons (Fsp3) is 0.583. The molecule has 4 heteroatoms. The van der Waals surface area contributed by atoms with E-state index in [1.807, 2.05) is 32.9 Å². The van der Waals surface area contributed by atoms with Crippen molar-refractivity contribution in [3.63, 3.8) is 0 Å². The van der Waals surface area contributed by atoms with Gasteiger partial charge in [0.2, 0.25) is 5.91 Å². The number of rotatable bonds is 5. The van der Waals surface area contributed by atoms with E-state index in [0.717, 1.165) is 11.5 Å². The van der Waals surface area contributed by atoms with Gasteiger partial charge in [-0.1, -0.05) is 0 Å². The van der Waals surface area contributed by atoms with Gasteiger partial charge in [0, 0.05) is 13.6 Å². The van der Waals surface area contributed by atoms with Crippen LogP contribution in [0.15, 0.2) is 16.5 Å². The lowest BCUT2D eigenvalue weighted by molar-refractivity contribution is -0.128. The summed E-state index contributed by atoms with van der Waals surface area (Å²) in [5.74, 6) is 1.84. The second-order valence-electron chi connectivity index (χ2n) is 4.58. The molecule has 1 amide bonds. The molecule has 0 unspecified atom stereocenters. The van der Waals surface area contributed by atoms with Crippen LogP contribution in [0.3, 0.4) is 0 Å². The zero-order valence-corrected chi connectivity index (χ0v) is 10.4. The molecule has 1 heterocycles. The van der Waals surface area contributed by atoms with Gasteiger partial charge in [-0.15, -0.1) is 0 Å². The van der Waals surface area contributed by atoms with Crippen molar-refractivity contribution in [3.8, 4) is 0 Å². The summed E-state index contributed by atoms with van der Waals surface area (Å²) < 4.78 is 5.42. The minimum atomic E-state index is -0.406. The van der Waals surface area contributed by atoms with E-state index in [1.165, 1.54) is 0 Å². The molecule has 1 rings (SSSR count). The van der Waals surface area contributed by atoms with Crippen LogP contribution in [0, 0.1) is 12.3 Å². The Balaban J connectivity index is 2.38. The first-order chi connectivity index (χ1) is 7.45. The first-order valence-corrected chi connectivity index (χ1v) is 5.44. The normalized spacial score (nSPS) is 11.5. The fourth-order valence-electron chi connectivity index (χ4n) is 1.50. The van der Waals surface area contributed by atoms with E-state index in [-0.39, 0.29) is 5.91 Å². The first kappa shape index (κ1) is 12.8. The number of aryl methyl sites for hydroxylation is 1. The number of furan rings is 1. The Kier molecular flexibility index (Phi) is 4.12. The molecular weight excluding hydrogens is 204 g/mol. The summed E-state index contributed by atoms with van der Waals surface area (Å²) in [4.78, 5) is 11.5. The lowest BCUT2D eigenvalue weighted by Gasteiger charge is -2.22. The predicted octanol–water partition coefficient (Wildman–Crippen LogP) is 1.45. The molecule has 0 aliphatic rings. The quantitative estimate of drug-likeness (QED) is 0.796. The molecule has 0 saturated carbocycles. The van der Waals surface area contributed by atoms with E-state index >= 15 is 0 Å². The smallest absolute Gasteiger partial charge is 0.226 e. The summed E-state index contributed by atoms with van der Waals surface area (Å²) in [6.45, 7) is 7.00. The maximum absolute atomic E-state index is 11.5. The van der Waals surface area contributed by atoms with Crippen molar-refractivity contribution < 1.29 is 9.21 Å². The molecule has 1 aromatic heterocycles. The Morgan fingerprint density at radius 1 is 1.44 bits per heavy atom. The molecule has 0 spiro atoms. The number of amides is 1. The van der Waals surface area contributed by atoms with Gasteiger partial charge in [0.1, 0.15) is 11.5 Å². The molecule has 16 heavy (non-hydrogen) atoms. The minimum absolute atomic E-state index is 0.0376. The van der Waals surface area contributed by atoms with Crippen molar-refractivity contribution in [2.24, 2.45) is 5.41 Å². The highest BCUT2D eigenvalue weighted by Gasteiger charge is 2.25. The Labute approximate surface area is 96.4 Å². The molecule has 0 aromatic carbocycles. The summed E-state index contributed by atoms with van der Waals surface area (Å²) in [7, 11) is 1.65. The van der Waals surface area contributed by atoms with Crippen LogP contribution >= 0.6 is 0 Å². The second-order valence-corrected chi connectivity index (χ2v) is 4.58. The molecule has 0 saturated heterocycles. The van der Waals surface area contributed by atoms with Crippen LogP contribution in [0.25, 0.3) is 0 Å². The molecule has 0 radical (unpaired) electrons. The van der Waals surface area contributed by atoms with Crippen molar-refractivity contribution in [3.05, 3.63) is 23.7 Å². The van der Waals surface area contributed by atoms with Gasteiger partial charge in [0.25, 0.3) is 0 Å². The number of carbonyl (C=O) groups is 1. The maximum atomic E-state index is 11.5. The number of hydrogen-bond acceptors (Lipinski definition) is 3. The van der Waals surface area contributed by atoms with Gasteiger partial charge in [0.05, 0.1) is 12.0 Å². The van der Waals surface area contributed by atoms with Crippen molar-refractivity contribution >= 4 is 5.91 Å². The molecule has 4 nitrogen and oxygen atoms in total. The van der Waals surface area contributed by atoms with Crippen molar-refractivity contribution in [1.82, 2.24) is 10.6 Å². The topological polar surface area (TPSA) is 54.3 Å². The molecule has 90 valence electrons. The molecule has 0 fully saturated rings. The third-order valence-corrected chi connectivity index (χ3v) is 2.50. The zero-order valence-electron chi connectivity index (χ0n) is 10.4. The third kappa shape index (κ3) is 3.38. The van der Waals surface area contributed by atoms with Crippen molar-refractivity contribution in [1.29, 1.82) is 0 Å². The monoisotopic (exact) mass is 224 g/mol. The Hall–Kier alpha value is -1.29. The average molecular weight is 224 g/mol. The van der Waals surface area contributed by atoms with Crippen molar-refractivity contribution in [2.75, 3.05) is 13.6 Å². The van der Waals surface area contributed by atoms with Crippen LogP contribution in [0.5, 0.6) is 0 Å². The van der Waals surface area contributed by atoms with Crippen LogP contribution in [0.4, 0.5) is 0 Å². The second kappa shape index (κ2) is 5.16. The van der Waals surface area contributed by atoms with Crippen LogP contribution in [-0.4, -0.2) is 19.5 Å². The SMILES string of the molecule is CNC(=O)C(C)(C)CNCc1ccc(C)o1. The lowest BCUT2D eigenvalue weighted by atomic mass is 9.92. The van der Waals surface area contributed by atoms with E-state index in [2.05, 4.69) is 10.6 Å². The number of hydrogen-bond donors (Lipinski definition) is 2. The molecule has 0 atom stereocenters. The van der Waals surface area contributed by atoms with Gasteiger partial charge < -0.3 is 15.1 Å². The summed E-state index contributed by atoms with van der Waals surface area (Å²) in [5.41, 5.74) is -0.406. The standard InChI is InChI=1S/C12H20N2O2/c1-9-5-6-10(16-9)7-14-8-12(2,3)11(15)13-4/h5-6,14H,7-8H2,1-4H3,(H,13,15).